The molecule has 6 N–H and O–H groups in total. The molecule has 12 amide bonds. The number of likely N-dealkylation sites (tertiary alicyclic amines) is 1. The molecule has 2 aliphatic carbocycles. The van der Waals surface area contributed by atoms with Crippen LogP contribution in [0.2, 0.25) is 0 Å². The van der Waals surface area contributed by atoms with Crippen molar-refractivity contribution in [2.75, 3.05) is 88.8 Å². The molecule has 0 radical (unpaired) electrons. The highest BCUT2D eigenvalue weighted by molar-refractivity contribution is 6.00. The summed E-state index contributed by atoms with van der Waals surface area (Å²) >= 11 is 0. The molecule has 0 aromatic heterocycles. The number of nitrogens with one attached hydrogen (secondary N) is 4. The number of aliphatic hydroxyl groups is 2. The fraction of sp³-hybridized carbons (Fsp3) is 0.836. The maximum atomic E-state index is 15.5. The summed E-state index contributed by atoms with van der Waals surface area (Å²) in [5.41, 5.74) is 0. The standard InChI is InChI=1S/C73H128N12O15/c1-45(2)37-53-68(94)84(17)60(40-48(7)8)72(98)83(16)59(41-52-29-23-19-24-30-52)66(92)76-55(44-100-36-35-86)69(95)81(14)56(32-31-51-27-21-18-22-28-51)71(97)82(15)58(39-47(5)6)67(93)77-63(50(10)87)73(99)78(11)43-62(89)80(13)57(38-46(3)4)65(91)75-54(70(96)85-33-25-20-26-34-85)42-61(88)79(12)49(9)64(90)74-53/h45-60,63,86-87H,18-44H2,1-17H3,(H,74,90)(H,75,91)(H,76,92)(H,77,93)/t49-,50+,53-,54-,55-,56-,57-,58-,59-,60-,63-/m0/s1. The van der Waals surface area contributed by atoms with E-state index in [4.69, 9.17) is 4.74 Å². The van der Waals surface area contributed by atoms with Crippen LogP contribution in [0, 0.1) is 35.5 Å². The lowest BCUT2D eigenvalue weighted by atomic mass is 9.84. The molecule has 0 bridgehead atoms. The zero-order valence-corrected chi connectivity index (χ0v) is 63.7. The molecule has 0 aromatic rings. The fourth-order valence-electron chi connectivity index (χ4n) is 14.4. The van der Waals surface area contributed by atoms with Crippen LogP contribution < -0.4 is 21.3 Å². The summed E-state index contributed by atoms with van der Waals surface area (Å²) in [5, 5.41) is 32.5. The van der Waals surface area contributed by atoms with E-state index in [1.54, 1.807) is 4.90 Å². The van der Waals surface area contributed by atoms with Crippen molar-refractivity contribution in [1.82, 2.24) is 60.5 Å². The first-order chi connectivity index (χ1) is 47.0. The molecular formula is C73H128N12O15. The molecule has 100 heavy (non-hydrogen) atoms. The maximum Gasteiger partial charge on any atom is 0.248 e. The van der Waals surface area contributed by atoms with Gasteiger partial charge in [0.2, 0.25) is 70.9 Å². The molecule has 570 valence electrons. The number of carbonyl (C=O) groups is 12. The summed E-state index contributed by atoms with van der Waals surface area (Å²) in [6.45, 7) is 16.6. The van der Waals surface area contributed by atoms with Crippen molar-refractivity contribution in [3.63, 3.8) is 0 Å². The van der Waals surface area contributed by atoms with Gasteiger partial charge in [0.05, 0.1) is 38.9 Å². The van der Waals surface area contributed by atoms with Crippen LogP contribution in [0.25, 0.3) is 0 Å². The van der Waals surface area contributed by atoms with Crippen molar-refractivity contribution < 1.29 is 72.5 Å². The third-order valence-electron chi connectivity index (χ3n) is 20.8. The monoisotopic (exact) mass is 1410 g/mol. The highest BCUT2D eigenvalue weighted by Gasteiger charge is 2.44. The van der Waals surface area contributed by atoms with Crippen molar-refractivity contribution in [3.05, 3.63) is 0 Å². The van der Waals surface area contributed by atoms with E-state index < -0.39 is 164 Å². The topological polar surface area (TPSA) is 329 Å². The van der Waals surface area contributed by atoms with Crippen LogP contribution in [0.4, 0.5) is 0 Å². The van der Waals surface area contributed by atoms with Gasteiger partial charge in [0.25, 0.3) is 0 Å². The van der Waals surface area contributed by atoms with Gasteiger partial charge in [-0.25, -0.2) is 0 Å². The van der Waals surface area contributed by atoms with E-state index in [9.17, 15) is 43.8 Å². The number of hydrogen-bond donors (Lipinski definition) is 6. The van der Waals surface area contributed by atoms with Crippen molar-refractivity contribution in [2.45, 2.75) is 271 Å². The van der Waals surface area contributed by atoms with E-state index in [0.717, 1.165) is 85.3 Å². The van der Waals surface area contributed by atoms with Gasteiger partial charge in [0, 0.05) is 62.4 Å². The van der Waals surface area contributed by atoms with Gasteiger partial charge in [-0.1, -0.05) is 120 Å². The molecule has 0 unspecified atom stereocenters. The molecular weight excluding hydrogens is 1280 g/mol. The Bertz CT molecular complexity index is 2710. The minimum absolute atomic E-state index is 0.00936. The number of carbonyl (C=O) groups excluding carboxylic acids is 12. The van der Waals surface area contributed by atoms with Gasteiger partial charge in [-0.3, -0.25) is 57.5 Å². The van der Waals surface area contributed by atoms with Crippen LogP contribution in [0.5, 0.6) is 0 Å². The predicted molar refractivity (Wildman–Crippen MR) is 380 cm³/mol. The van der Waals surface area contributed by atoms with E-state index in [1.165, 1.54) is 82.8 Å². The van der Waals surface area contributed by atoms with Crippen LogP contribution in [0.1, 0.15) is 204 Å². The molecule has 27 nitrogen and oxygen atoms in total. The Labute approximate surface area is 596 Å². The number of nitrogens with zero attached hydrogens (tertiary/aromatic N) is 8. The summed E-state index contributed by atoms with van der Waals surface area (Å²) in [6, 6.07) is -13.2. The second-order valence-electron chi connectivity index (χ2n) is 30.9. The third-order valence-corrected chi connectivity index (χ3v) is 20.8. The summed E-state index contributed by atoms with van der Waals surface area (Å²) in [5.74, 6) is -8.97. The third kappa shape index (κ3) is 25.5. The Morgan fingerprint density at radius 2 is 0.920 bits per heavy atom. The molecule has 27 heteroatoms. The molecule has 11 atom stereocenters. The first-order valence-corrected chi connectivity index (χ1v) is 37.2. The first-order valence-electron chi connectivity index (χ1n) is 37.2. The molecule has 2 saturated carbocycles. The molecule has 2 aliphatic heterocycles. The quantitative estimate of drug-likeness (QED) is 0.101. The Kier molecular flexibility index (Phi) is 35.7. The first kappa shape index (κ1) is 85.9. The van der Waals surface area contributed by atoms with E-state index in [-0.39, 0.29) is 80.6 Å². The molecule has 0 aromatic carbocycles. The average molecular weight is 1410 g/mol. The molecule has 2 heterocycles. The number of ether oxygens (including phenoxy) is 1. The van der Waals surface area contributed by atoms with Crippen LogP contribution in [0.15, 0.2) is 0 Å². The Hall–Kier alpha value is -6.48. The predicted octanol–water partition coefficient (Wildman–Crippen LogP) is 3.69. The number of rotatable bonds is 19. The van der Waals surface area contributed by atoms with Crippen molar-refractivity contribution in [2.24, 2.45) is 35.5 Å². The largest absolute Gasteiger partial charge is 0.394 e. The van der Waals surface area contributed by atoms with Crippen molar-refractivity contribution >= 4 is 70.9 Å². The zero-order valence-electron chi connectivity index (χ0n) is 63.7. The van der Waals surface area contributed by atoms with Gasteiger partial charge in [-0.15, -0.1) is 0 Å². The number of hydrogen-bond acceptors (Lipinski definition) is 15. The number of likely N-dealkylation sites (N-methyl/N-ethyl adjacent to an activating group) is 7. The van der Waals surface area contributed by atoms with E-state index in [2.05, 4.69) is 21.3 Å². The highest BCUT2D eigenvalue weighted by atomic mass is 16.5. The van der Waals surface area contributed by atoms with Crippen LogP contribution >= 0.6 is 0 Å². The Balaban J connectivity index is 1.96. The second kappa shape index (κ2) is 41.6. The van der Waals surface area contributed by atoms with Crippen LogP contribution in [0.3, 0.4) is 0 Å². The lowest BCUT2D eigenvalue weighted by Gasteiger charge is -2.39. The highest BCUT2D eigenvalue weighted by Crippen LogP contribution is 2.32. The maximum absolute atomic E-state index is 15.5. The van der Waals surface area contributed by atoms with Gasteiger partial charge in [-0.05, 0) is 114 Å². The average Bonchev–Trinajstić information content (AvgIpc) is 0.821. The summed E-state index contributed by atoms with van der Waals surface area (Å²) in [4.78, 5) is 189. The van der Waals surface area contributed by atoms with Gasteiger partial charge >= 0.3 is 0 Å². The summed E-state index contributed by atoms with van der Waals surface area (Å²) < 4.78 is 5.83. The number of aliphatic hydroxyl groups excluding tert-OH is 2. The Morgan fingerprint density at radius 3 is 1.46 bits per heavy atom. The molecule has 2 saturated heterocycles. The number of piperidine rings is 1. The van der Waals surface area contributed by atoms with Gasteiger partial charge in [0.1, 0.15) is 60.4 Å². The van der Waals surface area contributed by atoms with Crippen molar-refractivity contribution in [1.29, 1.82) is 0 Å². The van der Waals surface area contributed by atoms with E-state index in [0.29, 0.717) is 32.4 Å². The lowest BCUT2D eigenvalue weighted by Crippen LogP contribution is -2.62. The van der Waals surface area contributed by atoms with Gasteiger partial charge < -0.3 is 75.4 Å². The van der Waals surface area contributed by atoms with E-state index >= 15 is 24.0 Å². The van der Waals surface area contributed by atoms with Crippen LogP contribution in [-0.2, 0) is 62.3 Å². The zero-order chi connectivity index (χ0) is 75.0. The fourth-order valence-corrected chi connectivity index (χ4v) is 14.4. The molecule has 4 rings (SSSR count). The Morgan fingerprint density at radius 1 is 0.470 bits per heavy atom. The summed E-state index contributed by atoms with van der Waals surface area (Å²) in [6.07, 6.45) is 10.6. The minimum Gasteiger partial charge on any atom is -0.394 e. The van der Waals surface area contributed by atoms with Gasteiger partial charge in [0.15, 0.2) is 0 Å². The number of amides is 12. The van der Waals surface area contributed by atoms with Gasteiger partial charge in [-0.2, -0.15) is 0 Å². The van der Waals surface area contributed by atoms with Crippen LogP contribution in [-0.4, -0.2) is 276 Å². The second-order valence-corrected chi connectivity index (χ2v) is 30.9. The minimum atomic E-state index is -1.66. The summed E-state index contributed by atoms with van der Waals surface area (Å²) in [7, 11) is 9.92. The van der Waals surface area contributed by atoms with E-state index in [1.807, 2.05) is 55.4 Å². The SMILES string of the molecule is CC(C)C[C@@H]1NC(=O)[C@H](C)N(C)C(=O)C[C@@H](C(=O)N2CCCCC2)NC(=O)[C@H](CC(C)C)N(C)C(=O)CN(C)C(=O)[C@H]([C@@H](C)O)NC(=O)[C@H](CC(C)C)N(C)C(=O)[C@H](CCC2CCCCC2)N(C)C(=O)[C@H](COCCO)NC(=O)[C@H](CC2CCCCC2)N(C)C(=O)[C@H](CC(C)C)N(C)C1=O. The van der Waals surface area contributed by atoms with Crippen molar-refractivity contribution in [3.8, 4) is 0 Å². The molecule has 4 fully saturated rings. The molecule has 4 aliphatic rings. The molecule has 0 spiro atoms. The lowest BCUT2D eigenvalue weighted by molar-refractivity contribution is -0.152. The normalized spacial score (nSPS) is 27.4. The smallest absolute Gasteiger partial charge is 0.248 e.